The van der Waals surface area contributed by atoms with E-state index in [9.17, 15) is 0 Å². The van der Waals surface area contributed by atoms with Crippen LogP contribution < -0.4 is 11.1 Å². The average Bonchev–Trinajstić information content (AvgIpc) is 3.19. The number of rotatable bonds is 7. The second kappa shape index (κ2) is 6.60. The van der Waals surface area contributed by atoms with Gasteiger partial charge >= 0.3 is 0 Å². The highest BCUT2D eigenvalue weighted by atomic mass is 16.4. The van der Waals surface area contributed by atoms with Gasteiger partial charge in [0.05, 0.1) is 0 Å². The SMILES string of the molecule is CCC1CCC(CNCC2(CC(N)=NO)CC2)CC1. The summed E-state index contributed by atoms with van der Waals surface area (Å²) in [5.74, 6) is 2.22. The summed E-state index contributed by atoms with van der Waals surface area (Å²) in [6, 6.07) is 0. The predicted molar refractivity (Wildman–Crippen MR) is 78.3 cm³/mol. The topological polar surface area (TPSA) is 70.6 Å². The van der Waals surface area contributed by atoms with Crippen LogP contribution in [0.1, 0.15) is 58.3 Å². The standard InChI is InChI=1S/C15H29N3O/c1-2-12-3-5-13(6-4-12)10-17-11-15(7-8-15)9-14(16)18-19/h12-13,17,19H,2-11H2,1H3,(H2,16,18). The molecule has 4 N–H and O–H groups in total. The van der Waals surface area contributed by atoms with E-state index in [1.165, 1.54) is 44.9 Å². The number of nitrogens with one attached hydrogen (secondary N) is 1. The summed E-state index contributed by atoms with van der Waals surface area (Å²) < 4.78 is 0. The predicted octanol–water partition coefficient (Wildman–Crippen LogP) is 2.71. The van der Waals surface area contributed by atoms with Crippen LogP contribution in [0.5, 0.6) is 0 Å². The van der Waals surface area contributed by atoms with Crippen molar-refractivity contribution in [3.05, 3.63) is 0 Å². The lowest BCUT2D eigenvalue weighted by Gasteiger charge is -2.28. The van der Waals surface area contributed by atoms with Gasteiger partial charge < -0.3 is 16.3 Å². The first-order chi connectivity index (χ1) is 9.17. The number of hydrogen-bond acceptors (Lipinski definition) is 3. The van der Waals surface area contributed by atoms with Crippen molar-refractivity contribution < 1.29 is 5.21 Å². The molecule has 2 fully saturated rings. The zero-order valence-electron chi connectivity index (χ0n) is 12.2. The van der Waals surface area contributed by atoms with Gasteiger partial charge in [-0.05, 0) is 49.5 Å². The van der Waals surface area contributed by atoms with Crippen molar-refractivity contribution in [2.45, 2.75) is 58.3 Å². The van der Waals surface area contributed by atoms with Crippen LogP contribution in [-0.2, 0) is 0 Å². The lowest BCUT2D eigenvalue weighted by Crippen LogP contribution is -2.32. The summed E-state index contributed by atoms with van der Waals surface area (Å²) in [4.78, 5) is 0. The van der Waals surface area contributed by atoms with E-state index in [4.69, 9.17) is 10.9 Å². The molecular weight excluding hydrogens is 238 g/mol. The number of oxime groups is 1. The van der Waals surface area contributed by atoms with Crippen molar-refractivity contribution in [3.8, 4) is 0 Å². The minimum Gasteiger partial charge on any atom is -0.409 e. The first kappa shape index (κ1) is 14.6. The van der Waals surface area contributed by atoms with E-state index in [1.54, 1.807) is 0 Å². The highest BCUT2D eigenvalue weighted by Gasteiger charge is 2.42. The maximum absolute atomic E-state index is 8.65. The zero-order valence-corrected chi connectivity index (χ0v) is 12.2. The molecule has 0 heterocycles. The third kappa shape index (κ3) is 4.37. The van der Waals surface area contributed by atoms with Gasteiger partial charge in [-0.2, -0.15) is 0 Å². The van der Waals surface area contributed by atoms with E-state index in [0.717, 1.165) is 31.3 Å². The minimum atomic E-state index is 0.289. The van der Waals surface area contributed by atoms with Crippen molar-refractivity contribution in [2.24, 2.45) is 28.1 Å². The quantitative estimate of drug-likeness (QED) is 0.287. The Balaban J connectivity index is 1.62. The molecule has 19 heavy (non-hydrogen) atoms. The first-order valence-electron chi connectivity index (χ1n) is 7.84. The van der Waals surface area contributed by atoms with Crippen molar-refractivity contribution in [1.29, 1.82) is 0 Å². The molecule has 4 heteroatoms. The lowest BCUT2D eigenvalue weighted by molar-refractivity contribution is 0.258. The molecule has 2 aliphatic carbocycles. The zero-order chi connectivity index (χ0) is 13.7. The monoisotopic (exact) mass is 267 g/mol. The van der Waals surface area contributed by atoms with Crippen molar-refractivity contribution in [2.75, 3.05) is 13.1 Å². The average molecular weight is 267 g/mol. The Morgan fingerprint density at radius 2 is 1.89 bits per heavy atom. The van der Waals surface area contributed by atoms with E-state index < -0.39 is 0 Å². The Bertz CT molecular complexity index is 305. The molecule has 0 aromatic rings. The summed E-state index contributed by atoms with van der Waals surface area (Å²) in [5, 5.41) is 15.4. The van der Waals surface area contributed by atoms with Gasteiger partial charge in [0.2, 0.25) is 0 Å². The van der Waals surface area contributed by atoms with Gasteiger partial charge in [0.1, 0.15) is 5.84 Å². The molecule has 0 atom stereocenters. The van der Waals surface area contributed by atoms with Gasteiger partial charge in [0.25, 0.3) is 0 Å². The third-order valence-corrected chi connectivity index (χ3v) is 5.12. The molecule has 110 valence electrons. The van der Waals surface area contributed by atoms with Crippen molar-refractivity contribution in [3.63, 3.8) is 0 Å². The molecule has 0 spiro atoms. The number of amidine groups is 1. The fourth-order valence-electron chi connectivity index (χ4n) is 3.40. The van der Waals surface area contributed by atoms with Crippen LogP contribution >= 0.6 is 0 Å². The Labute approximate surface area is 116 Å². The smallest absolute Gasteiger partial charge is 0.139 e. The Hall–Kier alpha value is -0.770. The molecule has 0 bridgehead atoms. The largest absolute Gasteiger partial charge is 0.409 e. The van der Waals surface area contributed by atoms with E-state index in [1.807, 2.05) is 0 Å². The maximum Gasteiger partial charge on any atom is 0.139 e. The first-order valence-corrected chi connectivity index (χ1v) is 7.84. The Morgan fingerprint density at radius 3 is 2.42 bits per heavy atom. The van der Waals surface area contributed by atoms with Crippen LogP contribution in [0.2, 0.25) is 0 Å². The molecule has 0 aliphatic heterocycles. The molecule has 2 aliphatic rings. The molecule has 2 saturated carbocycles. The summed E-state index contributed by atoms with van der Waals surface area (Å²) in [7, 11) is 0. The van der Waals surface area contributed by atoms with E-state index >= 15 is 0 Å². The van der Waals surface area contributed by atoms with Gasteiger partial charge in [0, 0.05) is 13.0 Å². The van der Waals surface area contributed by atoms with Crippen LogP contribution in [0.3, 0.4) is 0 Å². The summed E-state index contributed by atoms with van der Waals surface area (Å²) >= 11 is 0. The summed E-state index contributed by atoms with van der Waals surface area (Å²) in [6.45, 7) is 4.48. The Kier molecular flexibility index (Phi) is 5.08. The van der Waals surface area contributed by atoms with Gasteiger partial charge in [-0.1, -0.05) is 31.3 Å². The highest BCUT2D eigenvalue weighted by Crippen LogP contribution is 2.48. The second-order valence-corrected chi connectivity index (χ2v) is 6.69. The molecular formula is C15H29N3O. The molecule has 4 nitrogen and oxygen atoms in total. The maximum atomic E-state index is 8.65. The number of hydrogen-bond donors (Lipinski definition) is 3. The molecule has 0 aromatic carbocycles. The Morgan fingerprint density at radius 1 is 1.26 bits per heavy atom. The summed E-state index contributed by atoms with van der Waals surface area (Å²) in [6.07, 6.45) is 10.1. The van der Waals surface area contributed by atoms with Crippen molar-refractivity contribution >= 4 is 5.84 Å². The van der Waals surface area contributed by atoms with Crippen LogP contribution in [-0.4, -0.2) is 24.1 Å². The van der Waals surface area contributed by atoms with Crippen LogP contribution in [0, 0.1) is 17.3 Å². The van der Waals surface area contributed by atoms with E-state index in [0.29, 0.717) is 5.84 Å². The lowest BCUT2D eigenvalue weighted by atomic mass is 9.81. The summed E-state index contributed by atoms with van der Waals surface area (Å²) in [5.41, 5.74) is 5.91. The van der Waals surface area contributed by atoms with Crippen LogP contribution in [0.4, 0.5) is 0 Å². The number of nitrogens with zero attached hydrogens (tertiary/aromatic N) is 1. The number of nitrogens with two attached hydrogens (primary N) is 1. The van der Waals surface area contributed by atoms with Crippen molar-refractivity contribution in [1.82, 2.24) is 5.32 Å². The van der Waals surface area contributed by atoms with Crippen LogP contribution in [0.25, 0.3) is 0 Å². The van der Waals surface area contributed by atoms with Crippen LogP contribution in [0.15, 0.2) is 5.16 Å². The molecule has 0 radical (unpaired) electrons. The fourth-order valence-corrected chi connectivity index (χ4v) is 3.40. The molecule has 2 rings (SSSR count). The van der Waals surface area contributed by atoms with Gasteiger partial charge in [-0.15, -0.1) is 0 Å². The highest BCUT2D eigenvalue weighted by molar-refractivity contribution is 5.80. The molecule has 0 saturated heterocycles. The van der Waals surface area contributed by atoms with Gasteiger partial charge in [0.15, 0.2) is 0 Å². The van der Waals surface area contributed by atoms with Gasteiger partial charge in [-0.25, -0.2) is 0 Å². The minimum absolute atomic E-state index is 0.289. The molecule has 0 amide bonds. The molecule has 0 aromatic heterocycles. The van der Waals surface area contributed by atoms with E-state index in [-0.39, 0.29) is 5.41 Å². The molecule has 0 unspecified atom stereocenters. The fraction of sp³-hybridized carbons (Fsp3) is 0.933. The third-order valence-electron chi connectivity index (χ3n) is 5.12. The van der Waals surface area contributed by atoms with Gasteiger partial charge in [-0.3, -0.25) is 0 Å². The second-order valence-electron chi connectivity index (χ2n) is 6.69. The van der Waals surface area contributed by atoms with E-state index in [2.05, 4.69) is 17.4 Å². The normalized spacial score (nSPS) is 30.3.